The van der Waals surface area contributed by atoms with Gasteiger partial charge in [0.25, 0.3) is 0 Å². The van der Waals surface area contributed by atoms with E-state index < -0.39 is 0 Å². The lowest BCUT2D eigenvalue weighted by molar-refractivity contribution is -0.124. The molecule has 3 heterocycles. The summed E-state index contributed by atoms with van der Waals surface area (Å²) in [7, 11) is 0. The van der Waals surface area contributed by atoms with Gasteiger partial charge in [0.1, 0.15) is 5.75 Å². The van der Waals surface area contributed by atoms with E-state index in [1.165, 1.54) is 0 Å². The largest absolute Gasteiger partial charge is 0.467 e. The number of rotatable bonds is 5. The molecule has 7 heteroatoms. The Morgan fingerprint density at radius 2 is 1.96 bits per heavy atom. The summed E-state index contributed by atoms with van der Waals surface area (Å²) >= 11 is 6.20. The number of carbonyl (C=O) groups excluding carboxylic acids is 1. The molecule has 1 N–H and O–H groups in total. The van der Waals surface area contributed by atoms with E-state index in [9.17, 15) is 4.79 Å². The Morgan fingerprint density at radius 3 is 2.74 bits per heavy atom. The van der Waals surface area contributed by atoms with Gasteiger partial charge in [-0.05, 0) is 37.1 Å². The monoisotopic (exact) mass is 390 g/mol. The third-order valence-electron chi connectivity index (χ3n) is 5.29. The molecule has 2 aromatic rings. The SMILES string of the molecule is O=C(CC1(n2cccc2)CCOCC1)NCc1cc(Cl)cc2c1OCOC2. The highest BCUT2D eigenvalue weighted by Crippen LogP contribution is 2.34. The fourth-order valence-electron chi connectivity index (χ4n) is 3.87. The van der Waals surface area contributed by atoms with Crippen molar-refractivity contribution in [3.05, 3.63) is 52.8 Å². The second-order valence-corrected chi connectivity index (χ2v) is 7.48. The van der Waals surface area contributed by atoms with Crippen LogP contribution >= 0.6 is 11.6 Å². The zero-order valence-corrected chi connectivity index (χ0v) is 15.8. The summed E-state index contributed by atoms with van der Waals surface area (Å²) in [6.07, 6.45) is 6.11. The van der Waals surface area contributed by atoms with E-state index in [4.69, 9.17) is 25.8 Å². The lowest BCUT2D eigenvalue weighted by atomic mass is 9.86. The molecule has 27 heavy (non-hydrogen) atoms. The lowest BCUT2D eigenvalue weighted by Crippen LogP contribution is -2.43. The summed E-state index contributed by atoms with van der Waals surface area (Å²) in [6, 6.07) is 7.66. The molecule has 6 nitrogen and oxygen atoms in total. The van der Waals surface area contributed by atoms with Crippen molar-refractivity contribution in [1.82, 2.24) is 9.88 Å². The van der Waals surface area contributed by atoms with Crippen LogP contribution in [-0.2, 0) is 33.0 Å². The molecule has 144 valence electrons. The maximum atomic E-state index is 12.8. The molecule has 1 amide bonds. The number of carbonyl (C=O) groups is 1. The molecule has 0 radical (unpaired) electrons. The van der Waals surface area contributed by atoms with Gasteiger partial charge in [0, 0.05) is 48.3 Å². The van der Waals surface area contributed by atoms with Crippen molar-refractivity contribution in [1.29, 1.82) is 0 Å². The molecule has 0 unspecified atom stereocenters. The fourth-order valence-corrected chi connectivity index (χ4v) is 4.13. The van der Waals surface area contributed by atoms with Gasteiger partial charge >= 0.3 is 0 Å². The van der Waals surface area contributed by atoms with E-state index in [2.05, 4.69) is 9.88 Å². The fraction of sp³-hybridized carbons (Fsp3) is 0.450. The molecule has 2 aliphatic rings. The number of nitrogens with one attached hydrogen (secondary N) is 1. The normalized spacial score (nSPS) is 18.4. The molecular formula is C20H23ClN2O4. The second kappa shape index (κ2) is 7.92. The number of benzene rings is 1. The van der Waals surface area contributed by atoms with Crippen molar-refractivity contribution in [2.45, 2.75) is 38.0 Å². The topological polar surface area (TPSA) is 61.7 Å². The van der Waals surface area contributed by atoms with Crippen LogP contribution in [-0.4, -0.2) is 30.5 Å². The van der Waals surface area contributed by atoms with Gasteiger partial charge < -0.3 is 24.1 Å². The smallest absolute Gasteiger partial charge is 0.222 e. The zero-order chi connectivity index (χ0) is 18.7. The Bertz CT molecular complexity index is 801. The van der Waals surface area contributed by atoms with Crippen LogP contribution in [0.2, 0.25) is 5.02 Å². The van der Waals surface area contributed by atoms with Crippen molar-refractivity contribution in [2.24, 2.45) is 0 Å². The Kier molecular flexibility index (Phi) is 5.38. The van der Waals surface area contributed by atoms with E-state index in [0.717, 1.165) is 29.7 Å². The van der Waals surface area contributed by atoms with Gasteiger partial charge in [0.15, 0.2) is 6.79 Å². The first kappa shape index (κ1) is 18.3. The van der Waals surface area contributed by atoms with Gasteiger partial charge in [-0.25, -0.2) is 0 Å². The van der Waals surface area contributed by atoms with Crippen LogP contribution in [0.5, 0.6) is 5.75 Å². The number of fused-ring (bicyclic) bond motifs is 1. The van der Waals surface area contributed by atoms with Crippen LogP contribution in [0.4, 0.5) is 0 Å². The summed E-state index contributed by atoms with van der Waals surface area (Å²) in [6.45, 7) is 2.39. The molecule has 2 aliphatic heterocycles. The number of amides is 1. The van der Waals surface area contributed by atoms with Crippen LogP contribution in [0, 0.1) is 0 Å². The first-order chi connectivity index (χ1) is 13.2. The summed E-state index contributed by atoms with van der Waals surface area (Å²) < 4.78 is 18.6. The van der Waals surface area contributed by atoms with Gasteiger partial charge in [0.05, 0.1) is 18.6 Å². The molecule has 1 aromatic carbocycles. The standard InChI is InChI=1S/C20H23ClN2O4/c21-17-9-15(19-16(10-17)13-26-14-27-19)12-22-18(24)11-20(3-7-25-8-4-20)23-5-1-2-6-23/h1-2,5-6,9-10H,3-4,7-8,11-14H2,(H,22,24). The predicted octanol–water partition coefficient (Wildman–Crippen LogP) is 3.22. The van der Waals surface area contributed by atoms with E-state index >= 15 is 0 Å². The molecule has 0 aliphatic carbocycles. The average molecular weight is 391 g/mol. The number of hydrogen-bond acceptors (Lipinski definition) is 4. The first-order valence-electron chi connectivity index (χ1n) is 9.16. The van der Waals surface area contributed by atoms with E-state index in [-0.39, 0.29) is 18.2 Å². The third kappa shape index (κ3) is 3.98. The maximum absolute atomic E-state index is 12.8. The van der Waals surface area contributed by atoms with E-state index in [1.807, 2.05) is 36.7 Å². The predicted molar refractivity (Wildman–Crippen MR) is 101 cm³/mol. The second-order valence-electron chi connectivity index (χ2n) is 7.04. The summed E-state index contributed by atoms with van der Waals surface area (Å²) in [5.41, 5.74) is 1.55. The molecule has 4 rings (SSSR count). The van der Waals surface area contributed by atoms with Gasteiger partial charge in [-0.1, -0.05) is 11.6 Å². The Labute approximate surface area is 163 Å². The molecule has 1 saturated heterocycles. The summed E-state index contributed by atoms with van der Waals surface area (Å²) in [4.78, 5) is 12.8. The maximum Gasteiger partial charge on any atom is 0.222 e. The van der Waals surface area contributed by atoms with Gasteiger partial charge in [-0.3, -0.25) is 4.79 Å². The van der Waals surface area contributed by atoms with Crippen molar-refractivity contribution < 1.29 is 19.0 Å². The van der Waals surface area contributed by atoms with Gasteiger partial charge in [0.2, 0.25) is 5.91 Å². The Hall–Kier alpha value is -2.02. The molecule has 1 aromatic heterocycles. The molecule has 1 fully saturated rings. The Morgan fingerprint density at radius 1 is 1.19 bits per heavy atom. The minimum atomic E-state index is -0.232. The molecular weight excluding hydrogens is 368 g/mol. The van der Waals surface area contributed by atoms with Gasteiger partial charge in [-0.15, -0.1) is 0 Å². The van der Waals surface area contributed by atoms with Crippen LogP contribution in [0.25, 0.3) is 0 Å². The van der Waals surface area contributed by atoms with Gasteiger partial charge in [-0.2, -0.15) is 0 Å². The molecule has 0 atom stereocenters. The van der Waals surface area contributed by atoms with E-state index in [0.29, 0.717) is 37.8 Å². The number of halogens is 1. The van der Waals surface area contributed by atoms with Crippen LogP contribution < -0.4 is 10.1 Å². The minimum Gasteiger partial charge on any atom is -0.467 e. The quantitative estimate of drug-likeness (QED) is 0.851. The third-order valence-corrected chi connectivity index (χ3v) is 5.51. The molecule has 0 spiro atoms. The Balaban J connectivity index is 1.46. The number of ether oxygens (including phenoxy) is 3. The summed E-state index contributed by atoms with van der Waals surface area (Å²) in [5, 5.41) is 3.65. The molecule has 0 bridgehead atoms. The van der Waals surface area contributed by atoms with Crippen LogP contribution in [0.1, 0.15) is 30.4 Å². The highest BCUT2D eigenvalue weighted by atomic mass is 35.5. The zero-order valence-electron chi connectivity index (χ0n) is 15.1. The average Bonchev–Trinajstić information content (AvgIpc) is 3.22. The van der Waals surface area contributed by atoms with E-state index in [1.54, 1.807) is 0 Å². The van der Waals surface area contributed by atoms with Crippen molar-refractivity contribution in [3.8, 4) is 5.75 Å². The minimum absolute atomic E-state index is 0.00591. The van der Waals surface area contributed by atoms with Crippen molar-refractivity contribution in [2.75, 3.05) is 20.0 Å². The van der Waals surface area contributed by atoms with Crippen LogP contribution in [0.3, 0.4) is 0 Å². The van der Waals surface area contributed by atoms with Crippen molar-refractivity contribution >= 4 is 17.5 Å². The number of nitrogens with zero attached hydrogens (tertiary/aromatic N) is 1. The van der Waals surface area contributed by atoms with Crippen LogP contribution in [0.15, 0.2) is 36.7 Å². The first-order valence-corrected chi connectivity index (χ1v) is 9.54. The molecule has 0 saturated carbocycles. The summed E-state index contributed by atoms with van der Waals surface area (Å²) in [5.74, 6) is 0.767. The lowest BCUT2D eigenvalue weighted by Gasteiger charge is -2.38. The number of hydrogen-bond donors (Lipinski definition) is 1. The van der Waals surface area contributed by atoms with Crippen molar-refractivity contribution in [3.63, 3.8) is 0 Å². The highest BCUT2D eigenvalue weighted by molar-refractivity contribution is 6.30. The number of aromatic nitrogens is 1. The highest BCUT2D eigenvalue weighted by Gasteiger charge is 2.36.